The molecule has 0 radical (unpaired) electrons. The molecule has 8 heteroatoms. The smallest absolute Gasteiger partial charge is 0.310 e. The molecule has 1 aromatic heterocycles. The average Bonchev–Trinajstić information content (AvgIpc) is 3.07. The number of carboxylic acids is 1. The van der Waals surface area contributed by atoms with Crippen LogP contribution < -0.4 is 5.32 Å². The Morgan fingerprint density at radius 2 is 1.81 bits per heavy atom. The minimum atomic E-state index is -0.900. The lowest BCUT2D eigenvalue weighted by Gasteiger charge is -2.18. The number of fused-ring (bicyclic) bond motifs is 1. The van der Waals surface area contributed by atoms with Crippen LogP contribution in [-0.4, -0.2) is 33.3 Å². The molecule has 0 spiro atoms. The first-order chi connectivity index (χ1) is 14.7. The number of nitrogens with one attached hydrogen (secondary N) is 1. The normalized spacial score (nSPS) is 13.2. The van der Waals surface area contributed by atoms with Crippen molar-refractivity contribution in [2.45, 2.75) is 32.2 Å². The van der Waals surface area contributed by atoms with Crippen LogP contribution in [0.15, 0.2) is 36.4 Å². The van der Waals surface area contributed by atoms with Gasteiger partial charge >= 0.3 is 5.97 Å². The third-order valence-corrected chi connectivity index (χ3v) is 5.95. The largest absolute Gasteiger partial charge is 0.481 e. The molecule has 0 saturated heterocycles. The first-order valence-electron chi connectivity index (χ1n) is 9.87. The Balaban J connectivity index is 1.87. The van der Waals surface area contributed by atoms with E-state index < -0.39 is 29.7 Å². The molecule has 0 fully saturated rings. The van der Waals surface area contributed by atoms with E-state index in [2.05, 4.69) is 5.32 Å². The number of aromatic nitrogens is 1. The van der Waals surface area contributed by atoms with Gasteiger partial charge in [-0.1, -0.05) is 42.8 Å². The van der Waals surface area contributed by atoms with Crippen molar-refractivity contribution in [3.8, 4) is 0 Å². The van der Waals surface area contributed by atoms with Gasteiger partial charge in [0.2, 0.25) is 0 Å². The maximum absolute atomic E-state index is 14.1. The lowest BCUT2D eigenvalue weighted by Crippen LogP contribution is -2.32. The highest BCUT2D eigenvalue weighted by Crippen LogP contribution is 2.31. The fraction of sp³-hybridized carbons (Fsp3) is 0.304. The van der Waals surface area contributed by atoms with Crippen molar-refractivity contribution in [1.82, 2.24) is 9.88 Å². The Labute approximate surface area is 184 Å². The highest BCUT2D eigenvalue weighted by Gasteiger charge is 2.22. The second-order valence-electron chi connectivity index (χ2n) is 7.52. The number of aliphatic hydroxyl groups is 1. The number of aliphatic carboxylic acids is 1. The van der Waals surface area contributed by atoms with E-state index in [1.54, 1.807) is 55.8 Å². The fourth-order valence-electron chi connectivity index (χ4n) is 3.73. The van der Waals surface area contributed by atoms with Gasteiger partial charge in [-0.2, -0.15) is 0 Å². The summed E-state index contributed by atoms with van der Waals surface area (Å²) in [6, 6.07) is 9.22. The summed E-state index contributed by atoms with van der Waals surface area (Å²) < 4.78 is 15.8. The summed E-state index contributed by atoms with van der Waals surface area (Å²) in [5, 5.41) is 22.3. The Morgan fingerprint density at radius 1 is 1.19 bits per heavy atom. The predicted octanol–water partition coefficient (Wildman–Crippen LogP) is 4.32. The summed E-state index contributed by atoms with van der Waals surface area (Å²) in [6.07, 6.45) is 0.457. The molecule has 0 bridgehead atoms. The summed E-state index contributed by atoms with van der Waals surface area (Å²) in [5.74, 6) is -2.48. The summed E-state index contributed by atoms with van der Waals surface area (Å²) in [7, 11) is 1.68. The van der Waals surface area contributed by atoms with E-state index in [-0.39, 0.29) is 17.3 Å². The van der Waals surface area contributed by atoms with Gasteiger partial charge in [0.05, 0.1) is 29.1 Å². The molecule has 1 heterocycles. The van der Waals surface area contributed by atoms with Crippen molar-refractivity contribution >= 4 is 34.4 Å². The zero-order chi connectivity index (χ0) is 22.9. The Bertz CT molecular complexity index is 1140. The molecule has 2 aromatic carbocycles. The molecule has 3 rings (SSSR count). The Morgan fingerprint density at radius 3 is 2.35 bits per heavy atom. The van der Waals surface area contributed by atoms with Gasteiger partial charge in [0.1, 0.15) is 11.5 Å². The number of halogens is 2. The lowest BCUT2D eigenvalue weighted by molar-refractivity contribution is -0.138. The SMILES string of the molecule is CCC(C(=O)O)c1ccc([C@@H](CO)NC(=O)c2cc3c(Cl)c(F)c(C)cc3n2C)cc1. The number of rotatable bonds is 7. The number of hydrogen-bond acceptors (Lipinski definition) is 3. The number of aryl methyl sites for hydroxylation is 2. The Hall–Kier alpha value is -2.90. The molecule has 2 atom stereocenters. The summed E-state index contributed by atoms with van der Waals surface area (Å²) in [6.45, 7) is 3.05. The number of amides is 1. The van der Waals surface area contributed by atoms with E-state index >= 15 is 0 Å². The number of nitrogens with zero attached hydrogens (tertiary/aromatic N) is 1. The van der Waals surface area contributed by atoms with Gasteiger partial charge in [-0.05, 0) is 42.2 Å². The first kappa shape index (κ1) is 22.8. The number of aliphatic hydroxyl groups excluding tert-OH is 1. The van der Waals surface area contributed by atoms with E-state index in [4.69, 9.17) is 11.6 Å². The minimum Gasteiger partial charge on any atom is -0.481 e. The zero-order valence-corrected chi connectivity index (χ0v) is 18.2. The predicted molar refractivity (Wildman–Crippen MR) is 117 cm³/mol. The van der Waals surface area contributed by atoms with Crippen LogP contribution in [0.2, 0.25) is 5.02 Å². The molecule has 1 amide bonds. The first-order valence-corrected chi connectivity index (χ1v) is 10.3. The quantitative estimate of drug-likeness (QED) is 0.504. The number of carboxylic acid groups (broad SMARTS) is 1. The number of hydrogen-bond donors (Lipinski definition) is 3. The van der Waals surface area contributed by atoms with Gasteiger partial charge in [-0.15, -0.1) is 0 Å². The third-order valence-electron chi connectivity index (χ3n) is 5.58. The van der Waals surface area contributed by atoms with E-state index in [0.717, 1.165) is 0 Å². The van der Waals surface area contributed by atoms with Crippen molar-refractivity contribution < 1.29 is 24.2 Å². The minimum absolute atomic E-state index is 0.0390. The molecule has 0 aliphatic heterocycles. The van der Waals surface area contributed by atoms with Crippen molar-refractivity contribution in [3.63, 3.8) is 0 Å². The number of carbonyl (C=O) groups excluding carboxylic acids is 1. The summed E-state index contributed by atoms with van der Waals surface area (Å²) >= 11 is 6.12. The topological polar surface area (TPSA) is 91.6 Å². The summed E-state index contributed by atoms with van der Waals surface area (Å²) in [5.41, 5.74) is 2.57. The highest BCUT2D eigenvalue weighted by molar-refractivity contribution is 6.36. The molecule has 1 unspecified atom stereocenters. The molecule has 164 valence electrons. The van der Waals surface area contributed by atoms with Crippen LogP contribution in [0.3, 0.4) is 0 Å². The monoisotopic (exact) mass is 446 g/mol. The van der Waals surface area contributed by atoms with Gasteiger partial charge in [0.25, 0.3) is 5.91 Å². The Kier molecular flexibility index (Phi) is 6.67. The van der Waals surface area contributed by atoms with Crippen LogP contribution in [0.25, 0.3) is 10.9 Å². The molecular formula is C23H24ClFN2O4. The number of benzene rings is 2. The molecule has 0 aliphatic carbocycles. The average molecular weight is 447 g/mol. The molecule has 3 N–H and O–H groups in total. The van der Waals surface area contributed by atoms with Crippen molar-refractivity contribution in [3.05, 3.63) is 69.6 Å². The standard InChI is InChI=1S/C23H24ClFN2O4/c1-4-15(23(30)31)13-5-7-14(8-6-13)17(11-28)26-22(29)19-10-16-18(27(19)3)9-12(2)21(25)20(16)24/h5-10,15,17,28H,4,11H2,1-3H3,(H,26,29)(H,30,31)/t15?,17-/m1/s1. The van der Waals surface area contributed by atoms with Gasteiger partial charge < -0.3 is 20.1 Å². The van der Waals surface area contributed by atoms with E-state index in [1.165, 1.54) is 6.07 Å². The molecule has 0 aliphatic rings. The second-order valence-corrected chi connectivity index (χ2v) is 7.90. The zero-order valence-electron chi connectivity index (χ0n) is 17.4. The van der Waals surface area contributed by atoms with Gasteiger partial charge in [-0.25, -0.2) is 4.39 Å². The molecule has 3 aromatic rings. The molecular weight excluding hydrogens is 423 g/mol. The maximum Gasteiger partial charge on any atom is 0.310 e. The van der Waals surface area contributed by atoms with Crippen LogP contribution in [0.4, 0.5) is 4.39 Å². The summed E-state index contributed by atoms with van der Waals surface area (Å²) in [4.78, 5) is 24.3. The van der Waals surface area contributed by atoms with Crippen LogP contribution in [0.1, 0.15) is 52.5 Å². The van der Waals surface area contributed by atoms with Crippen LogP contribution in [0, 0.1) is 12.7 Å². The van der Waals surface area contributed by atoms with Crippen LogP contribution in [-0.2, 0) is 11.8 Å². The van der Waals surface area contributed by atoms with Crippen molar-refractivity contribution in [2.75, 3.05) is 6.61 Å². The van der Waals surface area contributed by atoms with Gasteiger partial charge in [0, 0.05) is 12.4 Å². The lowest BCUT2D eigenvalue weighted by atomic mass is 9.94. The van der Waals surface area contributed by atoms with Crippen molar-refractivity contribution in [1.29, 1.82) is 0 Å². The molecule has 6 nitrogen and oxygen atoms in total. The fourth-order valence-corrected chi connectivity index (χ4v) is 4.03. The molecule has 31 heavy (non-hydrogen) atoms. The van der Waals surface area contributed by atoms with Gasteiger partial charge in [-0.3, -0.25) is 9.59 Å². The maximum atomic E-state index is 14.1. The third kappa shape index (κ3) is 4.29. The van der Waals surface area contributed by atoms with E-state index in [0.29, 0.717) is 34.0 Å². The van der Waals surface area contributed by atoms with Crippen molar-refractivity contribution in [2.24, 2.45) is 7.05 Å². The van der Waals surface area contributed by atoms with Crippen LogP contribution in [0.5, 0.6) is 0 Å². The van der Waals surface area contributed by atoms with Crippen LogP contribution >= 0.6 is 11.6 Å². The second kappa shape index (κ2) is 9.08. The molecule has 0 saturated carbocycles. The number of carbonyl (C=O) groups is 2. The highest BCUT2D eigenvalue weighted by atomic mass is 35.5. The van der Waals surface area contributed by atoms with Gasteiger partial charge in [0.15, 0.2) is 0 Å². The van der Waals surface area contributed by atoms with E-state index in [1.807, 2.05) is 0 Å². The van der Waals surface area contributed by atoms with E-state index in [9.17, 15) is 24.2 Å².